The van der Waals surface area contributed by atoms with Gasteiger partial charge in [-0.1, -0.05) is 17.7 Å². The molecule has 0 unspecified atom stereocenters. The molecule has 0 atom stereocenters. The Morgan fingerprint density at radius 1 is 1.10 bits per heavy atom. The van der Waals surface area contributed by atoms with Gasteiger partial charge in [0, 0.05) is 23.4 Å². The zero-order valence-electron chi connectivity index (χ0n) is 17.5. The number of anilines is 1. The number of amides is 1. The van der Waals surface area contributed by atoms with Gasteiger partial charge in [0.05, 0.1) is 30.6 Å². The van der Waals surface area contributed by atoms with Crippen LogP contribution in [0.1, 0.15) is 18.4 Å². The Bertz CT molecular complexity index is 1150. The lowest BCUT2D eigenvalue weighted by Crippen LogP contribution is -2.14. The van der Waals surface area contributed by atoms with E-state index in [1.54, 1.807) is 44.6 Å². The van der Waals surface area contributed by atoms with Crippen LogP contribution in [0.4, 0.5) is 5.13 Å². The lowest BCUT2D eigenvalue weighted by Gasteiger charge is -2.08. The number of benzene rings is 2. The van der Waals surface area contributed by atoms with Crippen LogP contribution >= 0.6 is 11.3 Å². The summed E-state index contributed by atoms with van der Waals surface area (Å²) in [5.74, 6) is 0.922. The van der Waals surface area contributed by atoms with Crippen molar-refractivity contribution < 1.29 is 22.7 Å². The van der Waals surface area contributed by atoms with Crippen molar-refractivity contribution in [2.24, 2.45) is 0 Å². The number of methoxy groups -OCH3 is 2. The molecule has 0 aliphatic rings. The van der Waals surface area contributed by atoms with E-state index in [0.29, 0.717) is 22.3 Å². The van der Waals surface area contributed by atoms with Crippen molar-refractivity contribution in [3.05, 3.63) is 53.4 Å². The first kappa shape index (κ1) is 22.8. The Balaban J connectivity index is 1.57. The number of nitrogens with one attached hydrogen (secondary N) is 1. The van der Waals surface area contributed by atoms with Crippen LogP contribution in [0.2, 0.25) is 0 Å². The Hall–Kier alpha value is -2.91. The van der Waals surface area contributed by atoms with Gasteiger partial charge in [-0.3, -0.25) is 4.79 Å². The van der Waals surface area contributed by atoms with E-state index < -0.39 is 9.84 Å². The number of ether oxygens (including phenoxy) is 2. The molecule has 0 bridgehead atoms. The summed E-state index contributed by atoms with van der Waals surface area (Å²) in [4.78, 5) is 17.0. The molecule has 3 rings (SSSR count). The highest BCUT2D eigenvalue weighted by Gasteiger charge is 2.16. The summed E-state index contributed by atoms with van der Waals surface area (Å²) >= 11 is 1.29. The molecular weight excluding hydrogens is 436 g/mol. The van der Waals surface area contributed by atoms with Crippen LogP contribution in [0, 0.1) is 6.92 Å². The Morgan fingerprint density at radius 2 is 1.84 bits per heavy atom. The third-order valence-corrected chi connectivity index (χ3v) is 7.21. The van der Waals surface area contributed by atoms with Gasteiger partial charge < -0.3 is 14.8 Å². The minimum absolute atomic E-state index is 0.0877. The van der Waals surface area contributed by atoms with Gasteiger partial charge in [0.25, 0.3) is 0 Å². The average Bonchev–Trinajstić information content (AvgIpc) is 3.21. The number of carbonyl (C=O) groups is 1. The van der Waals surface area contributed by atoms with E-state index in [2.05, 4.69) is 10.3 Å². The highest BCUT2D eigenvalue weighted by Crippen LogP contribution is 2.34. The lowest BCUT2D eigenvalue weighted by atomic mass is 10.1. The first-order chi connectivity index (χ1) is 14.8. The lowest BCUT2D eigenvalue weighted by molar-refractivity contribution is -0.116. The number of sulfone groups is 1. The van der Waals surface area contributed by atoms with Gasteiger partial charge in [-0.15, -0.1) is 11.3 Å². The van der Waals surface area contributed by atoms with Crippen LogP contribution in [0.15, 0.2) is 52.7 Å². The second-order valence-electron chi connectivity index (χ2n) is 6.89. The molecular formula is C22H24N2O5S2. The first-order valence-corrected chi connectivity index (χ1v) is 12.1. The van der Waals surface area contributed by atoms with Crippen molar-refractivity contribution in [2.75, 3.05) is 25.3 Å². The minimum atomic E-state index is -3.41. The van der Waals surface area contributed by atoms with Crippen molar-refractivity contribution in [3.63, 3.8) is 0 Å². The van der Waals surface area contributed by atoms with E-state index in [1.807, 2.05) is 24.4 Å². The SMILES string of the molecule is COc1ccc(-c2csc(NC(=O)CCCS(=O)(=O)c3ccc(C)cc3)n2)c(OC)c1. The normalized spacial score (nSPS) is 11.2. The van der Waals surface area contributed by atoms with Gasteiger partial charge in [-0.25, -0.2) is 13.4 Å². The second kappa shape index (κ2) is 9.93. The maximum absolute atomic E-state index is 12.4. The zero-order chi connectivity index (χ0) is 22.4. The number of rotatable bonds is 9. The van der Waals surface area contributed by atoms with Crippen molar-refractivity contribution in [1.82, 2.24) is 4.98 Å². The smallest absolute Gasteiger partial charge is 0.226 e. The predicted octanol–water partition coefficient (Wildman–Crippen LogP) is 4.33. The van der Waals surface area contributed by atoms with E-state index in [0.717, 1.165) is 11.1 Å². The highest BCUT2D eigenvalue weighted by atomic mass is 32.2. The molecule has 1 aromatic heterocycles. The molecule has 0 aliphatic heterocycles. The molecule has 0 aliphatic carbocycles. The Morgan fingerprint density at radius 3 is 2.52 bits per heavy atom. The number of aromatic nitrogens is 1. The fourth-order valence-corrected chi connectivity index (χ4v) is 4.97. The Kier molecular flexibility index (Phi) is 7.29. The van der Waals surface area contributed by atoms with Crippen molar-refractivity contribution in [1.29, 1.82) is 0 Å². The molecule has 0 saturated carbocycles. The third-order valence-electron chi connectivity index (χ3n) is 4.63. The van der Waals surface area contributed by atoms with Crippen LogP contribution in [-0.4, -0.2) is 39.3 Å². The second-order valence-corrected chi connectivity index (χ2v) is 9.86. The summed E-state index contributed by atoms with van der Waals surface area (Å²) < 4.78 is 35.4. The van der Waals surface area contributed by atoms with Gasteiger partial charge in [0.2, 0.25) is 5.91 Å². The van der Waals surface area contributed by atoms with E-state index in [4.69, 9.17) is 9.47 Å². The summed E-state index contributed by atoms with van der Waals surface area (Å²) in [5, 5.41) is 5.00. The molecule has 3 aromatic rings. The highest BCUT2D eigenvalue weighted by molar-refractivity contribution is 7.91. The van der Waals surface area contributed by atoms with Crippen LogP contribution in [0.3, 0.4) is 0 Å². The third kappa shape index (κ3) is 5.83. The minimum Gasteiger partial charge on any atom is -0.497 e. The maximum atomic E-state index is 12.4. The molecule has 0 spiro atoms. The fraction of sp³-hybridized carbons (Fsp3) is 0.273. The molecule has 31 heavy (non-hydrogen) atoms. The van der Waals surface area contributed by atoms with Gasteiger partial charge in [0.15, 0.2) is 15.0 Å². The quantitative estimate of drug-likeness (QED) is 0.511. The molecule has 1 N–H and O–H groups in total. The molecule has 2 aromatic carbocycles. The van der Waals surface area contributed by atoms with Crippen LogP contribution < -0.4 is 14.8 Å². The summed E-state index contributed by atoms with van der Waals surface area (Å²) in [6.45, 7) is 1.90. The van der Waals surface area contributed by atoms with Gasteiger partial charge in [-0.05, 0) is 37.6 Å². The first-order valence-electron chi connectivity index (χ1n) is 9.59. The standard InChI is InChI=1S/C22H24N2O5S2/c1-15-6-9-17(10-7-15)31(26,27)12-4-5-21(25)24-22-23-19(14-30-22)18-11-8-16(28-2)13-20(18)29-3/h6-11,13-14H,4-5,12H2,1-3H3,(H,23,24,25). The molecule has 0 saturated heterocycles. The maximum Gasteiger partial charge on any atom is 0.226 e. The predicted molar refractivity (Wildman–Crippen MR) is 122 cm³/mol. The molecule has 0 fully saturated rings. The van der Waals surface area contributed by atoms with E-state index in [1.165, 1.54) is 11.3 Å². The van der Waals surface area contributed by atoms with Crippen LogP contribution in [0.25, 0.3) is 11.3 Å². The molecule has 164 valence electrons. The average molecular weight is 461 g/mol. The van der Waals surface area contributed by atoms with E-state index in [-0.39, 0.29) is 29.4 Å². The number of thiazole rings is 1. The topological polar surface area (TPSA) is 94.6 Å². The van der Waals surface area contributed by atoms with Crippen LogP contribution in [0.5, 0.6) is 11.5 Å². The summed E-state index contributed by atoms with van der Waals surface area (Å²) in [6.07, 6.45) is 0.318. The van der Waals surface area contributed by atoms with E-state index >= 15 is 0 Å². The van der Waals surface area contributed by atoms with Crippen LogP contribution in [-0.2, 0) is 14.6 Å². The summed E-state index contributed by atoms with van der Waals surface area (Å²) in [6, 6.07) is 12.1. The van der Waals surface area contributed by atoms with Gasteiger partial charge >= 0.3 is 0 Å². The van der Waals surface area contributed by atoms with Gasteiger partial charge in [0.1, 0.15) is 11.5 Å². The summed E-state index contributed by atoms with van der Waals surface area (Å²) in [7, 11) is -0.260. The van der Waals surface area contributed by atoms with Gasteiger partial charge in [-0.2, -0.15) is 0 Å². The molecule has 7 nitrogen and oxygen atoms in total. The monoisotopic (exact) mass is 460 g/mol. The number of aryl methyl sites for hydroxylation is 1. The zero-order valence-corrected chi connectivity index (χ0v) is 19.2. The van der Waals surface area contributed by atoms with Crippen molar-refractivity contribution >= 4 is 32.2 Å². The molecule has 0 radical (unpaired) electrons. The number of hydrogen-bond acceptors (Lipinski definition) is 7. The largest absolute Gasteiger partial charge is 0.497 e. The number of hydrogen-bond donors (Lipinski definition) is 1. The molecule has 1 heterocycles. The molecule has 1 amide bonds. The number of carbonyl (C=O) groups excluding carboxylic acids is 1. The van der Waals surface area contributed by atoms with Crippen molar-refractivity contribution in [3.8, 4) is 22.8 Å². The van der Waals surface area contributed by atoms with Crippen molar-refractivity contribution in [2.45, 2.75) is 24.7 Å². The summed E-state index contributed by atoms with van der Waals surface area (Å²) in [5.41, 5.74) is 2.44. The number of nitrogens with zero attached hydrogens (tertiary/aromatic N) is 1. The van der Waals surface area contributed by atoms with E-state index in [9.17, 15) is 13.2 Å². The Labute approximate surface area is 186 Å². The fourth-order valence-electron chi connectivity index (χ4n) is 2.93. The molecule has 9 heteroatoms.